The van der Waals surface area contributed by atoms with Crippen LogP contribution in [0.4, 0.5) is 0 Å². The third-order valence-electron chi connectivity index (χ3n) is 6.05. The summed E-state index contributed by atoms with van der Waals surface area (Å²) in [6.45, 7) is 5.33. The molecule has 3 aromatic heterocycles. The Morgan fingerprint density at radius 2 is 1.68 bits per heavy atom. The van der Waals surface area contributed by atoms with E-state index in [1.165, 1.54) is 23.7 Å². The summed E-state index contributed by atoms with van der Waals surface area (Å²) >= 11 is 7.40. The Morgan fingerprint density at radius 1 is 1.05 bits per heavy atom. The van der Waals surface area contributed by atoms with Gasteiger partial charge in [-0.05, 0) is 26.0 Å². The molecule has 0 saturated carbocycles. The van der Waals surface area contributed by atoms with E-state index in [9.17, 15) is 8.42 Å². The Hall–Kier alpha value is -3.09. The summed E-state index contributed by atoms with van der Waals surface area (Å²) in [6, 6.07) is 5.34. The Kier molecular flexibility index (Phi) is 8.10. The second-order valence-electron chi connectivity index (χ2n) is 8.50. The third-order valence-corrected chi connectivity index (χ3v) is 9.41. The highest BCUT2D eigenvalue weighted by atomic mass is 35.5. The Balaban J connectivity index is 1.77. The zero-order valence-corrected chi connectivity index (χ0v) is 23.4. The smallest absolute Gasteiger partial charge is 0.160 e. The quantitative estimate of drug-likeness (QED) is 0.280. The number of aryl methyl sites for hydroxylation is 1. The molecule has 0 radical (unpaired) electrons. The number of sulfone groups is 1. The molecule has 196 valence electrons. The maximum absolute atomic E-state index is 13.6. The number of rotatable bonds is 10. The van der Waals surface area contributed by atoms with Gasteiger partial charge in [-0.3, -0.25) is 4.57 Å². The first-order chi connectivity index (χ1) is 17.6. The summed E-state index contributed by atoms with van der Waals surface area (Å²) in [5.74, 6) is 1.30. The highest BCUT2D eigenvalue weighted by Crippen LogP contribution is 2.35. The molecule has 1 aromatic carbocycles. The monoisotopic (exact) mass is 562 g/mol. The van der Waals surface area contributed by atoms with Crippen molar-refractivity contribution in [1.29, 1.82) is 0 Å². The van der Waals surface area contributed by atoms with E-state index < -0.39 is 21.0 Å². The van der Waals surface area contributed by atoms with Gasteiger partial charge in [-0.2, -0.15) is 0 Å². The van der Waals surface area contributed by atoms with Crippen LogP contribution in [0.2, 0.25) is 5.02 Å². The molecule has 4 rings (SSSR count). The van der Waals surface area contributed by atoms with Crippen LogP contribution >= 0.6 is 22.9 Å². The molecule has 0 fully saturated rings. The minimum atomic E-state index is -3.73. The number of hydrogen-bond acceptors (Lipinski definition) is 10. The van der Waals surface area contributed by atoms with Crippen LogP contribution in [0, 0.1) is 6.92 Å². The molecule has 0 aliphatic rings. The molecule has 4 aromatic rings. The van der Waals surface area contributed by atoms with Gasteiger partial charge in [0.1, 0.15) is 39.6 Å². The zero-order chi connectivity index (χ0) is 26.7. The minimum absolute atomic E-state index is 0.238. The first kappa shape index (κ1) is 27.0. The lowest BCUT2D eigenvalue weighted by Gasteiger charge is -2.20. The highest BCUT2D eigenvalue weighted by Gasteiger charge is 2.32. The molecule has 0 N–H and O–H groups in total. The van der Waals surface area contributed by atoms with E-state index in [0.29, 0.717) is 40.3 Å². The Morgan fingerprint density at radius 3 is 2.24 bits per heavy atom. The summed E-state index contributed by atoms with van der Waals surface area (Å²) in [5, 5.41) is 11.0. The van der Waals surface area contributed by atoms with Gasteiger partial charge in [0.15, 0.2) is 15.7 Å². The van der Waals surface area contributed by atoms with Crippen LogP contribution in [0.25, 0.3) is 5.69 Å². The molecule has 0 spiro atoms. The van der Waals surface area contributed by atoms with Gasteiger partial charge in [0.2, 0.25) is 0 Å². The van der Waals surface area contributed by atoms with Gasteiger partial charge in [-0.25, -0.2) is 23.4 Å². The number of thiazole rings is 1. The number of aromatic nitrogens is 6. The topological polar surface area (TPSA) is 122 Å². The van der Waals surface area contributed by atoms with Crippen molar-refractivity contribution in [2.45, 2.75) is 44.1 Å². The predicted molar refractivity (Wildman–Crippen MR) is 142 cm³/mol. The summed E-state index contributed by atoms with van der Waals surface area (Å²) in [7, 11) is -0.646. The number of para-hydroxylation sites is 1. The van der Waals surface area contributed by atoms with Crippen molar-refractivity contribution in [2.24, 2.45) is 0 Å². The number of ether oxygens (including phenoxy) is 2. The van der Waals surface area contributed by atoms with E-state index >= 15 is 0 Å². The molecule has 0 saturated heterocycles. The normalized spacial score (nSPS) is 13.4. The maximum atomic E-state index is 13.6. The Labute approximate surface area is 224 Å². The first-order valence-electron chi connectivity index (χ1n) is 11.4. The summed E-state index contributed by atoms with van der Waals surface area (Å²) in [4.78, 5) is 12.9. The van der Waals surface area contributed by atoms with Gasteiger partial charge >= 0.3 is 0 Å². The van der Waals surface area contributed by atoms with Crippen molar-refractivity contribution >= 4 is 32.8 Å². The fourth-order valence-electron chi connectivity index (χ4n) is 3.88. The van der Waals surface area contributed by atoms with E-state index in [1.54, 1.807) is 50.8 Å². The number of nitrogens with zero attached hydrogens (tertiary/aromatic N) is 6. The lowest BCUT2D eigenvalue weighted by molar-refractivity contribution is 0.390. The van der Waals surface area contributed by atoms with Crippen molar-refractivity contribution in [3.63, 3.8) is 0 Å². The molecule has 2 atom stereocenters. The van der Waals surface area contributed by atoms with Crippen molar-refractivity contribution in [3.8, 4) is 17.2 Å². The van der Waals surface area contributed by atoms with Gasteiger partial charge in [0, 0.05) is 29.4 Å². The lowest BCUT2D eigenvalue weighted by atomic mass is 10.1. The molecule has 0 bridgehead atoms. The molecule has 0 aliphatic carbocycles. The summed E-state index contributed by atoms with van der Waals surface area (Å²) in [6.07, 6.45) is 3.27. The van der Waals surface area contributed by atoms with Crippen LogP contribution in [0.3, 0.4) is 0 Å². The van der Waals surface area contributed by atoms with Crippen molar-refractivity contribution in [2.75, 3.05) is 14.2 Å². The predicted octanol–water partition coefficient (Wildman–Crippen LogP) is 4.19. The maximum Gasteiger partial charge on any atom is 0.160 e. The largest absolute Gasteiger partial charge is 0.494 e. The molecule has 37 heavy (non-hydrogen) atoms. The summed E-state index contributed by atoms with van der Waals surface area (Å²) in [5.41, 5.74) is 1.42. The first-order valence-corrected chi connectivity index (χ1v) is 14.4. The van der Waals surface area contributed by atoms with Crippen LogP contribution in [0.15, 0.2) is 36.0 Å². The Bertz CT molecular complexity index is 1470. The molecule has 0 unspecified atom stereocenters. The van der Waals surface area contributed by atoms with Gasteiger partial charge in [-0.15, -0.1) is 21.5 Å². The zero-order valence-electron chi connectivity index (χ0n) is 21.0. The number of methoxy groups -OCH3 is 2. The third kappa shape index (κ3) is 5.76. The van der Waals surface area contributed by atoms with Crippen LogP contribution < -0.4 is 9.47 Å². The highest BCUT2D eigenvalue weighted by molar-refractivity contribution is 7.91. The average molecular weight is 563 g/mol. The van der Waals surface area contributed by atoms with Crippen LogP contribution in [0.1, 0.15) is 47.9 Å². The average Bonchev–Trinajstić information content (AvgIpc) is 3.47. The van der Waals surface area contributed by atoms with E-state index in [1.807, 2.05) is 12.3 Å². The minimum Gasteiger partial charge on any atom is -0.494 e. The molecule has 13 heteroatoms. The molecule has 0 aliphatic heterocycles. The van der Waals surface area contributed by atoms with Crippen LogP contribution in [-0.4, -0.2) is 57.6 Å². The fraction of sp³-hybridized carbons (Fsp3) is 0.375. The van der Waals surface area contributed by atoms with E-state index in [4.69, 9.17) is 21.1 Å². The van der Waals surface area contributed by atoms with E-state index in [-0.39, 0.29) is 11.6 Å². The lowest BCUT2D eigenvalue weighted by Crippen LogP contribution is -2.27. The van der Waals surface area contributed by atoms with Gasteiger partial charge < -0.3 is 9.47 Å². The number of halogens is 1. The van der Waals surface area contributed by atoms with E-state index in [2.05, 4.69) is 25.1 Å². The standard InChI is InChI=1S/C24H27ClN6O4S2/c1-14-12-36-22(28-14)9-20-29-30-21(31(20)23-18(34-4)7-6-8-19(23)35-5)13-37(32,33)16(3)15(2)24-26-10-17(25)11-27-24/h6-8,10-12,15-16H,9,13H2,1-5H3/t15-,16-/m0/s1. The second kappa shape index (κ2) is 11.1. The number of benzene rings is 1. The SMILES string of the molecule is COc1cccc(OC)c1-n1c(Cc2nc(C)cs2)nnc1CS(=O)(=O)[C@@H](C)[C@H](C)c1ncc(Cl)cn1. The molecule has 0 amide bonds. The fourth-order valence-corrected chi connectivity index (χ4v) is 6.30. The molecule has 10 nitrogen and oxygen atoms in total. The van der Waals surface area contributed by atoms with Crippen LogP contribution in [0.5, 0.6) is 11.5 Å². The molecular formula is C24H27ClN6O4S2. The van der Waals surface area contributed by atoms with Gasteiger partial charge in [0.25, 0.3) is 0 Å². The van der Waals surface area contributed by atoms with E-state index in [0.717, 1.165) is 10.7 Å². The number of hydrogen-bond donors (Lipinski definition) is 0. The van der Waals surface area contributed by atoms with Gasteiger partial charge in [-0.1, -0.05) is 24.6 Å². The van der Waals surface area contributed by atoms with Crippen molar-refractivity contribution < 1.29 is 17.9 Å². The van der Waals surface area contributed by atoms with Crippen molar-refractivity contribution in [1.82, 2.24) is 29.7 Å². The second-order valence-corrected chi connectivity index (χ2v) is 12.2. The van der Waals surface area contributed by atoms with Crippen LogP contribution in [-0.2, 0) is 22.0 Å². The molecule has 3 heterocycles. The van der Waals surface area contributed by atoms with Crippen molar-refractivity contribution in [3.05, 3.63) is 69.2 Å². The molecular weight excluding hydrogens is 536 g/mol. The summed E-state index contributed by atoms with van der Waals surface area (Å²) < 4.78 is 40.1. The van der Waals surface area contributed by atoms with Gasteiger partial charge in [0.05, 0.1) is 30.9 Å².